The smallest absolute Gasteiger partial charge is 0.325 e. The number of hydrogen-bond donors (Lipinski definition) is 0. The van der Waals surface area contributed by atoms with E-state index in [0.717, 1.165) is 22.2 Å². The minimum atomic E-state index is -0.525. The number of aromatic nitrogens is 1. The standard InChI is InChI=1S/C21H19FN2O3/c1-27-20(25)13-24-18-9-5-3-6-14(18)15-10-11-23(12-19(15)24)21(26)16-7-2-4-8-17(16)22/h2-9H,10-13H2,1H3. The van der Waals surface area contributed by atoms with E-state index in [9.17, 15) is 14.0 Å². The lowest BCUT2D eigenvalue weighted by atomic mass is 10.0. The van der Waals surface area contributed by atoms with Crippen molar-refractivity contribution < 1.29 is 18.7 Å². The van der Waals surface area contributed by atoms with E-state index in [0.29, 0.717) is 19.5 Å². The van der Waals surface area contributed by atoms with Gasteiger partial charge in [-0.25, -0.2) is 4.39 Å². The third-order valence-corrected chi connectivity index (χ3v) is 5.07. The largest absolute Gasteiger partial charge is 0.468 e. The van der Waals surface area contributed by atoms with Gasteiger partial charge in [0.05, 0.1) is 19.2 Å². The number of nitrogens with zero attached hydrogens (tertiary/aromatic N) is 2. The molecule has 0 spiro atoms. The van der Waals surface area contributed by atoms with Crippen LogP contribution in [0.3, 0.4) is 0 Å². The molecule has 0 fully saturated rings. The van der Waals surface area contributed by atoms with Crippen molar-refractivity contribution in [3.05, 3.63) is 71.2 Å². The number of para-hydroxylation sites is 1. The van der Waals surface area contributed by atoms with Crippen LogP contribution in [-0.4, -0.2) is 35.0 Å². The average Bonchev–Trinajstić information content (AvgIpc) is 3.01. The Morgan fingerprint density at radius 3 is 2.63 bits per heavy atom. The van der Waals surface area contributed by atoms with Crippen LogP contribution >= 0.6 is 0 Å². The lowest BCUT2D eigenvalue weighted by Crippen LogP contribution is -2.37. The lowest BCUT2D eigenvalue weighted by Gasteiger charge is -2.28. The first-order valence-electron chi connectivity index (χ1n) is 8.79. The quantitative estimate of drug-likeness (QED) is 0.669. The zero-order chi connectivity index (χ0) is 19.0. The maximum atomic E-state index is 14.0. The molecular formula is C21H19FN2O3. The maximum Gasteiger partial charge on any atom is 0.325 e. The molecule has 2 heterocycles. The van der Waals surface area contributed by atoms with Crippen LogP contribution in [0.1, 0.15) is 21.6 Å². The van der Waals surface area contributed by atoms with Crippen LogP contribution in [0.2, 0.25) is 0 Å². The second-order valence-corrected chi connectivity index (χ2v) is 6.56. The molecule has 0 atom stereocenters. The van der Waals surface area contributed by atoms with Gasteiger partial charge in [0.1, 0.15) is 12.4 Å². The van der Waals surface area contributed by atoms with Crippen LogP contribution in [0, 0.1) is 5.82 Å². The third kappa shape index (κ3) is 2.97. The molecule has 27 heavy (non-hydrogen) atoms. The van der Waals surface area contributed by atoms with E-state index in [1.165, 1.54) is 19.2 Å². The summed E-state index contributed by atoms with van der Waals surface area (Å²) in [7, 11) is 1.36. The van der Waals surface area contributed by atoms with Gasteiger partial charge >= 0.3 is 5.97 Å². The van der Waals surface area contributed by atoms with E-state index in [-0.39, 0.29) is 24.0 Å². The Hall–Kier alpha value is -3.15. The first-order chi connectivity index (χ1) is 13.1. The summed E-state index contributed by atoms with van der Waals surface area (Å²) in [6, 6.07) is 13.9. The second kappa shape index (κ2) is 6.87. The highest BCUT2D eigenvalue weighted by atomic mass is 19.1. The topological polar surface area (TPSA) is 51.5 Å². The summed E-state index contributed by atoms with van der Waals surface area (Å²) >= 11 is 0. The number of benzene rings is 2. The number of amides is 1. The highest BCUT2D eigenvalue weighted by Crippen LogP contribution is 2.31. The molecule has 0 saturated carbocycles. The molecule has 1 aliphatic heterocycles. The first kappa shape index (κ1) is 17.3. The van der Waals surface area contributed by atoms with Crippen molar-refractivity contribution in [3.63, 3.8) is 0 Å². The monoisotopic (exact) mass is 366 g/mol. The molecule has 2 aromatic carbocycles. The summed E-state index contributed by atoms with van der Waals surface area (Å²) < 4.78 is 20.8. The van der Waals surface area contributed by atoms with Gasteiger partial charge in [0.2, 0.25) is 0 Å². The minimum Gasteiger partial charge on any atom is -0.468 e. The van der Waals surface area contributed by atoms with Crippen LogP contribution < -0.4 is 0 Å². The van der Waals surface area contributed by atoms with E-state index < -0.39 is 5.82 Å². The van der Waals surface area contributed by atoms with Gasteiger partial charge < -0.3 is 14.2 Å². The molecule has 0 unspecified atom stereocenters. The normalized spacial score (nSPS) is 13.5. The molecule has 0 saturated heterocycles. The molecule has 5 nitrogen and oxygen atoms in total. The molecule has 6 heteroatoms. The molecule has 4 rings (SSSR count). The Bertz CT molecular complexity index is 1040. The highest BCUT2D eigenvalue weighted by molar-refractivity contribution is 5.95. The predicted molar refractivity (Wildman–Crippen MR) is 98.8 cm³/mol. The number of ether oxygens (including phenoxy) is 1. The zero-order valence-corrected chi connectivity index (χ0v) is 14.9. The number of fused-ring (bicyclic) bond motifs is 3. The van der Waals surface area contributed by atoms with E-state index in [1.807, 2.05) is 28.8 Å². The molecule has 0 aliphatic carbocycles. The molecule has 3 aromatic rings. The summed E-state index contributed by atoms with van der Waals surface area (Å²) in [6.07, 6.45) is 0.657. The molecule has 1 aromatic heterocycles. The SMILES string of the molecule is COC(=O)Cn1c2c(c3ccccc31)CCN(C(=O)c1ccccc1F)C2. The molecule has 0 N–H and O–H groups in total. The molecule has 1 aliphatic rings. The van der Waals surface area contributed by atoms with Crippen LogP contribution in [0.15, 0.2) is 48.5 Å². The minimum absolute atomic E-state index is 0.0663. The lowest BCUT2D eigenvalue weighted by molar-refractivity contribution is -0.141. The van der Waals surface area contributed by atoms with E-state index in [2.05, 4.69) is 0 Å². The van der Waals surface area contributed by atoms with Crippen molar-refractivity contribution in [2.75, 3.05) is 13.7 Å². The average molecular weight is 366 g/mol. The van der Waals surface area contributed by atoms with Crippen molar-refractivity contribution in [3.8, 4) is 0 Å². The van der Waals surface area contributed by atoms with Crippen molar-refractivity contribution in [1.82, 2.24) is 9.47 Å². The molecular weight excluding hydrogens is 347 g/mol. The van der Waals surface area contributed by atoms with Crippen LogP contribution in [-0.2, 0) is 29.0 Å². The van der Waals surface area contributed by atoms with Crippen molar-refractivity contribution in [2.45, 2.75) is 19.5 Å². The van der Waals surface area contributed by atoms with E-state index in [1.54, 1.807) is 17.0 Å². The summed E-state index contributed by atoms with van der Waals surface area (Å²) in [4.78, 5) is 26.4. The summed E-state index contributed by atoms with van der Waals surface area (Å²) in [5.74, 6) is -1.21. The van der Waals surface area contributed by atoms with Gasteiger partial charge in [-0.1, -0.05) is 30.3 Å². The molecule has 138 valence electrons. The highest BCUT2D eigenvalue weighted by Gasteiger charge is 2.28. The number of carbonyl (C=O) groups excluding carboxylic acids is 2. The Morgan fingerprint density at radius 2 is 1.85 bits per heavy atom. The number of carbonyl (C=O) groups is 2. The first-order valence-corrected chi connectivity index (χ1v) is 8.79. The molecule has 0 radical (unpaired) electrons. The number of hydrogen-bond acceptors (Lipinski definition) is 3. The zero-order valence-electron chi connectivity index (χ0n) is 14.9. The van der Waals surface area contributed by atoms with Gasteiger partial charge in [0.15, 0.2) is 0 Å². The number of rotatable bonds is 3. The van der Waals surface area contributed by atoms with Gasteiger partial charge in [-0.3, -0.25) is 9.59 Å². The number of methoxy groups -OCH3 is 1. The fourth-order valence-electron chi connectivity index (χ4n) is 3.75. The summed E-state index contributed by atoms with van der Waals surface area (Å²) in [6.45, 7) is 0.911. The molecule has 1 amide bonds. The van der Waals surface area contributed by atoms with Crippen molar-refractivity contribution in [1.29, 1.82) is 0 Å². The van der Waals surface area contributed by atoms with E-state index in [4.69, 9.17) is 4.74 Å². The van der Waals surface area contributed by atoms with Gasteiger partial charge in [0, 0.05) is 23.1 Å². The van der Waals surface area contributed by atoms with Crippen molar-refractivity contribution in [2.24, 2.45) is 0 Å². The summed E-state index contributed by atoms with van der Waals surface area (Å²) in [5, 5.41) is 1.08. The Balaban J connectivity index is 1.74. The summed E-state index contributed by atoms with van der Waals surface area (Å²) in [5.41, 5.74) is 3.04. The number of esters is 1. The predicted octanol–water partition coefficient (Wildman–Crippen LogP) is 3.15. The van der Waals surface area contributed by atoms with E-state index >= 15 is 0 Å². The van der Waals surface area contributed by atoms with Gasteiger partial charge in [-0.05, 0) is 30.2 Å². The fourth-order valence-corrected chi connectivity index (χ4v) is 3.75. The Morgan fingerprint density at radius 1 is 1.11 bits per heavy atom. The van der Waals surface area contributed by atoms with Crippen LogP contribution in [0.4, 0.5) is 4.39 Å². The number of halogens is 1. The second-order valence-electron chi connectivity index (χ2n) is 6.56. The Kier molecular flexibility index (Phi) is 4.39. The maximum absolute atomic E-state index is 14.0. The van der Waals surface area contributed by atoms with Gasteiger partial charge in [-0.2, -0.15) is 0 Å². The van der Waals surface area contributed by atoms with Crippen LogP contribution in [0.5, 0.6) is 0 Å². The molecule has 0 bridgehead atoms. The Labute approximate surface area is 156 Å². The fraction of sp³-hybridized carbons (Fsp3) is 0.238. The van der Waals surface area contributed by atoms with Gasteiger partial charge in [0.25, 0.3) is 5.91 Å². The van der Waals surface area contributed by atoms with Crippen molar-refractivity contribution >= 4 is 22.8 Å². The third-order valence-electron chi connectivity index (χ3n) is 5.07. The van der Waals surface area contributed by atoms with Gasteiger partial charge in [-0.15, -0.1) is 0 Å². The van der Waals surface area contributed by atoms with Crippen LogP contribution in [0.25, 0.3) is 10.9 Å².